The Morgan fingerprint density at radius 3 is 2.56 bits per heavy atom. The normalized spacial score (nSPS) is 20.2. The molecule has 2 N–H and O–H groups in total. The summed E-state index contributed by atoms with van der Waals surface area (Å²) in [4.78, 5) is 4.13. The summed E-state index contributed by atoms with van der Waals surface area (Å²) in [5.74, 6) is -0.695. The first-order chi connectivity index (χ1) is 12.8. The number of hydrogen-bond acceptors (Lipinski definition) is 5. The van der Waals surface area contributed by atoms with Crippen molar-refractivity contribution < 1.29 is 17.9 Å². The maximum Gasteiger partial charge on any atom is 0.240 e. The summed E-state index contributed by atoms with van der Waals surface area (Å²) >= 11 is 0. The Morgan fingerprint density at radius 2 is 1.93 bits per heavy atom. The van der Waals surface area contributed by atoms with Gasteiger partial charge in [-0.1, -0.05) is 6.07 Å². The molecule has 1 aromatic carbocycles. The molecule has 1 aliphatic carbocycles. The van der Waals surface area contributed by atoms with Crippen LogP contribution in [0.25, 0.3) is 11.3 Å². The molecule has 0 radical (unpaired) electrons. The molecule has 2 aromatic rings. The second kappa shape index (κ2) is 7.72. The largest absolute Gasteiger partial charge is 0.393 e. The fourth-order valence-electron chi connectivity index (χ4n) is 3.24. The average Bonchev–Trinajstić information content (AvgIpc) is 2.64. The van der Waals surface area contributed by atoms with E-state index in [1.165, 1.54) is 24.3 Å². The molecule has 1 heterocycles. The van der Waals surface area contributed by atoms with Gasteiger partial charge in [0.15, 0.2) is 11.5 Å². The average molecular weight is 389 g/mol. The van der Waals surface area contributed by atoms with Gasteiger partial charge in [-0.05, 0) is 62.4 Å². The molecule has 6 nitrogen and oxygen atoms in total. The summed E-state index contributed by atoms with van der Waals surface area (Å²) in [5.41, 5.74) is 1.39. The van der Waals surface area contributed by atoms with Crippen LogP contribution in [0.15, 0.2) is 35.2 Å². The van der Waals surface area contributed by atoms with Gasteiger partial charge >= 0.3 is 0 Å². The fraction of sp³-hybridized carbons (Fsp3) is 0.368. The Kier molecular flexibility index (Phi) is 5.56. The predicted molar refractivity (Wildman–Crippen MR) is 97.7 cm³/mol. The van der Waals surface area contributed by atoms with Crippen molar-refractivity contribution in [2.75, 3.05) is 0 Å². The zero-order chi connectivity index (χ0) is 19.6. The van der Waals surface area contributed by atoms with Crippen molar-refractivity contribution in [2.24, 2.45) is 0 Å². The molecule has 0 amide bonds. The number of nitrogens with zero attached hydrogens (tertiary/aromatic N) is 2. The number of nitriles is 1. The lowest BCUT2D eigenvalue weighted by molar-refractivity contribution is 0.120. The summed E-state index contributed by atoms with van der Waals surface area (Å²) in [7, 11) is -3.68. The topological polar surface area (TPSA) is 103 Å². The van der Waals surface area contributed by atoms with Crippen LogP contribution < -0.4 is 4.72 Å². The van der Waals surface area contributed by atoms with Gasteiger partial charge in [0.05, 0.1) is 16.7 Å². The number of aryl methyl sites for hydroxylation is 1. The van der Waals surface area contributed by atoms with Gasteiger partial charge in [0.25, 0.3) is 0 Å². The van der Waals surface area contributed by atoms with Gasteiger partial charge in [0.1, 0.15) is 6.07 Å². The lowest BCUT2D eigenvalue weighted by Crippen LogP contribution is -2.38. The summed E-state index contributed by atoms with van der Waals surface area (Å²) < 4.78 is 41.5. The molecule has 1 saturated carbocycles. The van der Waals surface area contributed by atoms with Crippen molar-refractivity contribution in [3.63, 3.8) is 0 Å². The van der Waals surface area contributed by atoms with E-state index in [1.807, 2.05) is 0 Å². The second-order valence-corrected chi connectivity index (χ2v) is 8.46. The van der Waals surface area contributed by atoms with E-state index >= 15 is 0 Å². The highest BCUT2D eigenvalue weighted by Gasteiger charge is 2.25. The van der Waals surface area contributed by atoms with Crippen LogP contribution in [0.5, 0.6) is 0 Å². The minimum Gasteiger partial charge on any atom is -0.393 e. The van der Waals surface area contributed by atoms with E-state index in [0.29, 0.717) is 42.5 Å². The Labute approximate surface area is 157 Å². The molecule has 0 atom stereocenters. The Morgan fingerprint density at radius 1 is 1.22 bits per heavy atom. The first kappa shape index (κ1) is 19.4. The molecular formula is C19H20FN3O3S. The summed E-state index contributed by atoms with van der Waals surface area (Å²) in [6.07, 6.45) is 2.03. The molecule has 1 aliphatic rings. The molecular weight excluding hydrogens is 369 g/mol. The van der Waals surface area contributed by atoms with Crippen LogP contribution in [-0.2, 0) is 10.0 Å². The van der Waals surface area contributed by atoms with Crippen LogP contribution in [0.1, 0.15) is 36.9 Å². The van der Waals surface area contributed by atoms with Gasteiger partial charge in [-0.25, -0.2) is 22.5 Å². The number of hydrogen-bond donors (Lipinski definition) is 2. The monoisotopic (exact) mass is 389 g/mol. The Hall–Kier alpha value is -2.34. The van der Waals surface area contributed by atoms with Gasteiger partial charge in [0.2, 0.25) is 10.0 Å². The highest BCUT2D eigenvalue weighted by atomic mass is 32.2. The molecule has 0 saturated heterocycles. The predicted octanol–water partition coefficient (Wildman–Crippen LogP) is 2.65. The van der Waals surface area contributed by atoms with E-state index in [0.717, 1.165) is 0 Å². The number of aromatic nitrogens is 1. The van der Waals surface area contributed by atoms with E-state index in [9.17, 15) is 17.9 Å². The fourth-order valence-corrected chi connectivity index (χ4v) is 4.63. The Balaban J connectivity index is 1.85. The number of nitrogens with one attached hydrogen (secondary N) is 1. The first-order valence-corrected chi connectivity index (χ1v) is 10.2. The molecule has 3 rings (SSSR count). The molecule has 1 aromatic heterocycles. The summed E-state index contributed by atoms with van der Waals surface area (Å²) in [6, 6.07) is 8.75. The van der Waals surface area contributed by atoms with Crippen molar-refractivity contribution in [3.05, 3.63) is 47.4 Å². The van der Waals surface area contributed by atoms with Crippen molar-refractivity contribution in [1.29, 1.82) is 5.26 Å². The first-order valence-electron chi connectivity index (χ1n) is 8.68. The van der Waals surface area contributed by atoms with Crippen molar-refractivity contribution in [3.8, 4) is 17.3 Å². The lowest BCUT2D eigenvalue weighted by Gasteiger charge is -2.26. The highest BCUT2D eigenvalue weighted by Crippen LogP contribution is 2.26. The second-order valence-electron chi connectivity index (χ2n) is 6.74. The van der Waals surface area contributed by atoms with Crippen molar-refractivity contribution in [1.82, 2.24) is 9.71 Å². The van der Waals surface area contributed by atoms with Gasteiger partial charge in [0, 0.05) is 11.6 Å². The van der Waals surface area contributed by atoms with Crippen LogP contribution in [0, 0.1) is 24.1 Å². The maximum absolute atomic E-state index is 13.5. The number of aliphatic hydroxyl groups excluding tert-OH is 1. The SMILES string of the molecule is Cc1cc(S(=O)(=O)N[C@H]2CC[C@@H](O)CC2)ccc1-c1ccc(F)c(C#N)n1. The third-order valence-electron chi connectivity index (χ3n) is 4.75. The highest BCUT2D eigenvalue weighted by molar-refractivity contribution is 7.89. The summed E-state index contributed by atoms with van der Waals surface area (Å²) in [6.45, 7) is 1.74. The molecule has 8 heteroatoms. The maximum atomic E-state index is 13.5. The van der Waals surface area contributed by atoms with E-state index < -0.39 is 15.8 Å². The quantitative estimate of drug-likeness (QED) is 0.837. The van der Waals surface area contributed by atoms with Crippen LogP contribution in [-0.4, -0.2) is 30.7 Å². The van der Waals surface area contributed by atoms with Crippen LogP contribution in [0.2, 0.25) is 0 Å². The zero-order valence-corrected chi connectivity index (χ0v) is 15.6. The van der Waals surface area contributed by atoms with Gasteiger partial charge in [-0.15, -0.1) is 0 Å². The van der Waals surface area contributed by atoms with E-state index in [1.54, 1.807) is 19.1 Å². The van der Waals surface area contributed by atoms with Crippen LogP contribution in [0.3, 0.4) is 0 Å². The molecule has 27 heavy (non-hydrogen) atoms. The number of aliphatic hydroxyl groups is 1. The van der Waals surface area contributed by atoms with Crippen molar-refractivity contribution >= 4 is 10.0 Å². The minimum atomic E-state index is -3.68. The number of benzene rings is 1. The molecule has 142 valence electrons. The van der Waals surface area contributed by atoms with E-state index in [4.69, 9.17) is 5.26 Å². The third-order valence-corrected chi connectivity index (χ3v) is 6.27. The number of sulfonamides is 1. The Bertz CT molecular complexity index is 994. The molecule has 0 spiro atoms. The molecule has 0 unspecified atom stereocenters. The molecule has 1 fully saturated rings. The minimum absolute atomic E-state index is 0.137. The third kappa shape index (κ3) is 4.33. The zero-order valence-electron chi connectivity index (χ0n) is 14.8. The number of pyridine rings is 1. The van der Waals surface area contributed by atoms with Gasteiger partial charge in [-0.3, -0.25) is 0 Å². The van der Waals surface area contributed by atoms with E-state index in [2.05, 4.69) is 9.71 Å². The van der Waals surface area contributed by atoms with E-state index in [-0.39, 0.29) is 22.7 Å². The van der Waals surface area contributed by atoms with Gasteiger partial charge < -0.3 is 5.11 Å². The number of rotatable bonds is 4. The molecule has 0 bridgehead atoms. The molecule has 0 aliphatic heterocycles. The summed E-state index contributed by atoms with van der Waals surface area (Å²) in [5, 5.41) is 18.5. The van der Waals surface area contributed by atoms with Crippen molar-refractivity contribution in [2.45, 2.75) is 49.6 Å². The lowest BCUT2D eigenvalue weighted by atomic mass is 9.94. The standard InChI is InChI=1S/C19H20FN3O3S/c1-12-10-15(27(25,26)23-13-2-4-14(24)5-3-13)6-7-16(12)18-9-8-17(20)19(11-21)22-18/h6-10,13-14,23-24H,2-5H2,1H3/t13-,14+. The number of halogens is 1. The smallest absolute Gasteiger partial charge is 0.240 e. The van der Waals surface area contributed by atoms with Crippen LogP contribution in [0.4, 0.5) is 4.39 Å². The van der Waals surface area contributed by atoms with Crippen LogP contribution >= 0.6 is 0 Å². The van der Waals surface area contributed by atoms with Gasteiger partial charge in [-0.2, -0.15) is 5.26 Å².